The number of aliphatic hydroxyl groups excluding tert-OH is 1. The molecule has 1 rings (SSSR count). The van der Waals surface area contributed by atoms with Crippen molar-refractivity contribution in [1.29, 1.82) is 0 Å². The van der Waals surface area contributed by atoms with Gasteiger partial charge in [0.05, 0.1) is 12.7 Å². The zero-order valence-electron chi connectivity index (χ0n) is 12.6. The average molecular weight is 265 g/mol. The Morgan fingerprint density at radius 3 is 2.32 bits per heavy atom. The smallest absolute Gasteiger partial charge is 0.119 e. The minimum atomic E-state index is -0.228. The molecule has 108 valence electrons. The molecule has 0 saturated heterocycles. The number of ether oxygens (including phenoxy) is 1. The van der Waals surface area contributed by atoms with Gasteiger partial charge in [-0.15, -0.1) is 0 Å². The molecule has 0 spiro atoms. The first-order chi connectivity index (χ1) is 8.97. The van der Waals surface area contributed by atoms with Gasteiger partial charge in [0.25, 0.3) is 0 Å². The number of hydrogen-bond acceptors (Lipinski definition) is 3. The standard InChI is InChI=1S/C16H27NO2/c1-13(2)12-19-16-7-5-15(6-8-16)11-17(4)10-9-14(3)18/h5-8,13-14,18H,9-12H2,1-4H3. The summed E-state index contributed by atoms with van der Waals surface area (Å²) in [6, 6.07) is 8.27. The summed E-state index contributed by atoms with van der Waals surface area (Å²) in [7, 11) is 2.07. The molecule has 0 saturated carbocycles. The van der Waals surface area contributed by atoms with Crippen molar-refractivity contribution >= 4 is 0 Å². The molecule has 0 aliphatic heterocycles. The number of hydrogen-bond donors (Lipinski definition) is 1. The van der Waals surface area contributed by atoms with Crippen molar-refractivity contribution < 1.29 is 9.84 Å². The minimum Gasteiger partial charge on any atom is -0.493 e. The quantitative estimate of drug-likeness (QED) is 0.784. The van der Waals surface area contributed by atoms with E-state index in [0.29, 0.717) is 5.92 Å². The molecular weight excluding hydrogens is 238 g/mol. The zero-order valence-corrected chi connectivity index (χ0v) is 12.6. The summed E-state index contributed by atoms with van der Waals surface area (Å²) in [5, 5.41) is 9.26. The van der Waals surface area contributed by atoms with Crippen molar-refractivity contribution in [3.8, 4) is 5.75 Å². The second-order valence-corrected chi connectivity index (χ2v) is 5.72. The normalized spacial score (nSPS) is 13.0. The van der Waals surface area contributed by atoms with Crippen LogP contribution in [-0.4, -0.2) is 36.3 Å². The van der Waals surface area contributed by atoms with E-state index in [1.54, 1.807) is 0 Å². The third-order valence-electron chi connectivity index (χ3n) is 2.89. The van der Waals surface area contributed by atoms with Gasteiger partial charge in [-0.25, -0.2) is 0 Å². The third kappa shape index (κ3) is 7.19. The molecule has 0 amide bonds. The molecule has 1 N–H and O–H groups in total. The first-order valence-corrected chi connectivity index (χ1v) is 7.05. The van der Waals surface area contributed by atoms with E-state index < -0.39 is 0 Å². The van der Waals surface area contributed by atoms with Crippen LogP contribution in [0.4, 0.5) is 0 Å². The number of aliphatic hydroxyl groups is 1. The summed E-state index contributed by atoms with van der Waals surface area (Å²) < 4.78 is 5.66. The lowest BCUT2D eigenvalue weighted by molar-refractivity contribution is 0.163. The second-order valence-electron chi connectivity index (χ2n) is 5.72. The molecule has 0 aromatic heterocycles. The number of nitrogens with zero attached hydrogens (tertiary/aromatic N) is 1. The summed E-state index contributed by atoms with van der Waals surface area (Å²) >= 11 is 0. The van der Waals surface area contributed by atoms with E-state index in [2.05, 4.69) is 37.9 Å². The van der Waals surface area contributed by atoms with Gasteiger partial charge in [0, 0.05) is 13.1 Å². The first kappa shape index (κ1) is 16.0. The number of benzene rings is 1. The Morgan fingerprint density at radius 2 is 1.79 bits per heavy atom. The summed E-state index contributed by atoms with van der Waals surface area (Å²) in [6.45, 7) is 8.68. The average Bonchev–Trinajstić information content (AvgIpc) is 2.35. The van der Waals surface area contributed by atoms with Gasteiger partial charge in [-0.3, -0.25) is 0 Å². The highest BCUT2D eigenvalue weighted by Crippen LogP contribution is 2.14. The molecule has 0 fully saturated rings. The number of rotatable bonds is 8. The Balaban J connectivity index is 2.39. The molecule has 0 radical (unpaired) electrons. The minimum absolute atomic E-state index is 0.228. The van der Waals surface area contributed by atoms with E-state index >= 15 is 0 Å². The summed E-state index contributed by atoms with van der Waals surface area (Å²) in [4.78, 5) is 2.22. The van der Waals surface area contributed by atoms with Crippen LogP contribution >= 0.6 is 0 Å². The SMILES string of the molecule is CC(C)COc1ccc(CN(C)CCC(C)O)cc1. The topological polar surface area (TPSA) is 32.7 Å². The van der Waals surface area contributed by atoms with Gasteiger partial charge < -0.3 is 14.7 Å². The van der Waals surface area contributed by atoms with Crippen LogP contribution in [0.15, 0.2) is 24.3 Å². The van der Waals surface area contributed by atoms with Crippen molar-refractivity contribution in [3.05, 3.63) is 29.8 Å². The van der Waals surface area contributed by atoms with Gasteiger partial charge in [0.15, 0.2) is 0 Å². The van der Waals surface area contributed by atoms with E-state index in [0.717, 1.165) is 31.9 Å². The van der Waals surface area contributed by atoms with E-state index in [-0.39, 0.29) is 6.10 Å². The van der Waals surface area contributed by atoms with Crippen LogP contribution in [0.3, 0.4) is 0 Å². The Morgan fingerprint density at radius 1 is 1.16 bits per heavy atom. The van der Waals surface area contributed by atoms with Crippen LogP contribution in [-0.2, 0) is 6.54 Å². The van der Waals surface area contributed by atoms with Gasteiger partial charge in [-0.05, 0) is 44.0 Å². The highest BCUT2D eigenvalue weighted by molar-refractivity contribution is 5.27. The molecule has 0 aliphatic rings. The Bertz CT molecular complexity index is 346. The van der Waals surface area contributed by atoms with Crippen LogP contribution in [0, 0.1) is 5.92 Å². The summed E-state index contributed by atoms with van der Waals surface area (Å²) in [5.41, 5.74) is 1.27. The molecule has 0 bridgehead atoms. The van der Waals surface area contributed by atoms with Crippen molar-refractivity contribution in [2.45, 2.75) is 39.8 Å². The fourth-order valence-corrected chi connectivity index (χ4v) is 1.75. The van der Waals surface area contributed by atoms with Gasteiger partial charge in [0.2, 0.25) is 0 Å². The molecule has 1 aromatic rings. The summed E-state index contributed by atoms with van der Waals surface area (Å²) in [5.74, 6) is 1.48. The van der Waals surface area contributed by atoms with Crippen LogP contribution < -0.4 is 4.74 Å². The van der Waals surface area contributed by atoms with E-state index in [9.17, 15) is 5.11 Å². The second kappa shape index (κ2) is 8.18. The maximum atomic E-state index is 9.26. The summed E-state index contributed by atoms with van der Waals surface area (Å²) in [6.07, 6.45) is 0.584. The maximum Gasteiger partial charge on any atom is 0.119 e. The van der Waals surface area contributed by atoms with E-state index in [4.69, 9.17) is 4.74 Å². The molecule has 1 unspecified atom stereocenters. The molecule has 1 aromatic carbocycles. The lowest BCUT2D eigenvalue weighted by Crippen LogP contribution is -2.22. The molecule has 3 nitrogen and oxygen atoms in total. The van der Waals surface area contributed by atoms with Crippen molar-refractivity contribution in [2.75, 3.05) is 20.2 Å². The van der Waals surface area contributed by atoms with E-state index in [1.807, 2.05) is 19.1 Å². The predicted octanol–water partition coefficient (Wildman–Crippen LogP) is 2.92. The molecule has 0 aliphatic carbocycles. The highest BCUT2D eigenvalue weighted by Gasteiger charge is 2.03. The largest absolute Gasteiger partial charge is 0.493 e. The van der Waals surface area contributed by atoms with Gasteiger partial charge in [-0.2, -0.15) is 0 Å². The van der Waals surface area contributed by atoms with Crippen LogP contribution in [0.2, 0.25) is 0 Å². The molecule has 19 heavy (non-hydrogen) atoms. The Hall–Kier alpha value is -1.06. The fourth-order valence-electron chi connectivity index (χ4n) is 1.75. The lowest BCUT2D eigenvalue weighted by atomic mass is 10.2. The van der Waals surface area contributed by atoms with Crippen LogP contribution in [0.1, 0.15) is 32.8 Å². The molecule has 1 atom stereocenters. The highest BCUT2D eigenvalue weighted by atomic mass is 16.5. The Labute approximate surface area is 117 Å². The molecule has 0 heterocycles. The van der Waals surface area contributed by atoms with Crippen molar-refractivity contribution in [1.82, 2.24) is 4.90 Å². The third-order valence-corrected chi connectivity index (χ3v) is 2.89. The van der Waals surface area contributed by atoms with Crippen molar-refractivity contribution in [2.24, 2.45) is 5.92 Å². The predicted molar refractivity (Wildman–Crippen MR) is 79.4 cm³/mol. The monoisotopic (exact) mass is 265 g/mol. The van der Waals surface area contributed by atoms with E-state index in [1.165, 1.54) is 5.56 Å². The fraction of sp³-hybridized carbons (Fsp3) is 0.625. The lowest BCUT2D eigenvalue weighted by Gasteiger charge is -2.17. The van der Waals surface area contributed by atoms with Gasteiger partial charge in [-0.1, -0.05) is 26.0 Å². The van der Waals surface area contributed by atoms with Crippen LogP contribution in [0.25, 0.3) is 0 Å². The van der Waals surface area contributed by atoms with Gasteiger partial charge >= 0.3 is 0 Å². The maximum absolute atomic E-state index is 9.26. The molecule has 3 heteroatoms. The molecular formula is C16H27NO2. The van der Waals surface area contributed by atoms with Gasteiger partial charge in [0.1, 0.15) is 5.75 Å². The van der Waals surface area contributed by atoms with Crippen LogP contribution in [0.5, 0.6) is 5.75 Å². The Kier molecular flexibility index (Phi) is 6.89. The van der Waals surface area contributed by atoms with Crippen molar-refractivity contribution in [3.63, 3.8) is 0 Å². The zero-order chi connectivity index (χ0) is 14.3. The first-order valence-electron chi connectivity index (χ1n) is 7.05.